The van der Waals surface area contributed by atoms with E-state index in [1.807, 2.05) is 12.1 Å². The number of rotatable bonds is 11. The van der Waals surface area contributed by atoms with E-state index < -0.39 is 5.91 Å². The van der Waals surface area contributed by atoms with E-state index in [9.17, 15) is 9.59 Å². The molecular weight excluding hydrogens is 398 g/mol. The van der Waals surface area contributed by atoms with Crippen molar-refractivity contribution in [1.29, 1.82) is 0 Å². The fourth-order valence-electron chi connectivity index (χ4n) is 5.94. The summed E-state index contributed by atoms with van der Waals surface area (Å²) in [6, 6.07) is 8.04. The SMILES string of the molecule is CCCCC1CCC(CN(C)C2CCCCC2)(N(C=O)Cc2ccc(C(N)=O)cc2)CC1. The van der Waals surface area contributed by atoms with Crippen LogP contribution in [0.4, 0.5) is 0 Å². The Labute approximate surface area is 194 Å². The van der Waals surface area contributed by atoms with E-state index in [0.29, 0.717) is 18.2 Å². The fourth-order valence-corrected chi connectivity index (χ4v) is 5.94. The number of benzene rings is 1. The second-order valence-electron chi connectivity index (χ2n) is 10.3. The number of carbonyl (C=O) groups excluding carboxylic acids is 2. The van der Waals surface area contributed by atoms with E-state index in [-0.39, 0.29) is 5.54 Å². The highest BCUT2D eigenvalue weighted by atomic mass is 16.1. The summed E-state index contributed by atoms with van der Waals surface area (Å²) in [7, 11) is 2.27. The summed E-state index contributed by atoms with van der Waals surface area (Å²) in [5.74, 6) is 0.381. The van der Waals surface area contributed by atoms with Crippen molar-refractivity contribution in [2.24, 2.45) is 11.7 Å². The van der Waals surface area contributed by atoms with Crippen molar-refractivity contribution in [3.05, 3.63) is 35.4 Å². The third kappa shape index (κ3) is 6.34. The molecule has 2 saturated carbocycles. The van der Waals surface area contributed by atoms with E-state index >= 15 is 0 Å². The zero-order valence-electron chi connectivity index (χ0n) is 20.2. The molecule has 32 heavy (non-hydrogen) atoms. The van der Waals surface area contributed by atoms with Crippen LogP contribution in [0.3, 0.4) is 0 Å². The van der Waals surface area contributed by atoms with Crippen LogP contribution in [0.1, 0.15) is 99.9 Å². The van der Waals surface area contributed by atoms with E-state index in [2.05, 4.69) is 23.8 Å². The summed E-state index contributed by atoms with van der Waals surface area (Å²) < 4.78 is 0. The molecule has 0 spiro atoms. The summed E-state index contributed by atoms with van der Waals surface area (Å²) in [5.41, 5.74) is 6.84. The Morgan fingerprint density at radius 3 is 2.31 bits per heavy atom. The molecule has 0 aromatic heterocycles. The summed E-state index contributed by atoms with van der Waals surface area (Å²) in [4.78, 5) is 28.5. The number of carbonyl (C=O) groups is 2. The van der Waals surface area contributed by atoms with Gasteiger partial charge in [-0.2, -0.15) is 0 Å². The minimum Gasteiger partial charge on any atom is -0.366 e. The highest BCUT2D eigenvalue weighted by Gasteiger charge is 2.41. The Bertz CT molecular complexity index is 719. The smallest absolute Gasteiger partial charge is 0.248 e. The predicted molar refractivity (Wildman–Crippen MR) is 130 cm³/mol. The Morgan fingerprint density at radius 2 is 1.75 bits per heavy atom. The van der Waals surface area contributed by atoms with E-state index in [4.69, 9.17) is 5.73 Å². The van der Waals surface area contributed by atoms with Gasteiger partial charge in [-0.25, -0.2) is 0 Å². The van der Waals surface area contributed by atoms with Gasteiger partial charge in [0, 0.05) is 24.7 Å². The number of nitrogens with two attached hydrogens (primary N) is 1. The molecule has 5 nitrogen and oxygen atoms in total. The van der Waals surface area contributed by atoms with Crippen molar-refractivity contribution in [2.45, 2.75) is 102 Å². The first kappa shape index (κ1) is 24.8. The lowest BCUT2D eigenvalue weighted by molar-refractivity contribution is -0.128. The van der Waals surface area contributed by atoms with Crippen LogP contribution in [0, 0.1) is 5.92 Å². The van der Waals surface area contributed by atoms with Crippen LogP contribution in [-0.4, -0.2) is 47.3 Å². The molecule has 0 heterocycles. The zero-order chi connectivity index (χ0) is 23.0. The van der Waals surface area contributed by atoms with Gasteiger partial charge in [-0.3, -0.25) is 9.59 Å². The number of primary amides is 1. The number of nitrogens with zero attached hydrogens (tertiary/aromatic N) is 2. The monoisotopic (exact) mass is 441 g/mol. The molecule has 0 atom stereocenters. The molecular formula is C27H43N3O2. The molecule has 178 valence electrons. The van der Waals surface area contributed by atoms with Crippen LogP contribution in [-0.2, 0) is 11.3 Å². The number of hydrogen-bond acceptors (Lipinski definition) is 3. The Hall–Kier alpha value is -1.88. The van der Waals surface area contributed by atoms with Gasteiger partial charge in [0.2, 0.25) is 12.3 Å². The van der Waals surface area contributed by atoms with Gasteiger partial charge in [-0.15, -0.1) is 0 Å². The maximum Gasteiger partial charge on any atom is 0.248 e. The summed E-state index contributed by atoms with van der Waals surface area (Å²) in [6.07, 6.45) is 16.1. The third-order valence-corrected chi connectivity index (χ3v) is 8.07. The molecule has 2 amide bonds. The first-order valence-electron chi connectivity index (χ1n) is 12.8. The molecule has 2 fully saturated rings. The Balaban J connectivity index is 1.76. The average molecular weight is 442 g/mol. The molecule has 0 unspecified atom stereocenters. The largest absolute Gasteiger partial charge is 0.366 e. The molecule has 3 rings (SSSR count). The van der Waals surface area contributed by atoms with Crippen molar-refractivity contribution in [3.63, 3.8) is 0 Å². The van der Waals surface area contributed by atoms with Crippen molar-refractivity contribution < 1.29 is 9.59 Å². The van der Waals surface area contributed by atoms with Crippen molar-refractivity contribution in [2.75, 3.05) is 13.6 Å². The minimum atomic E-state index is -0.417. The lowest BCUT2D eigenvalue weighted by Crippen LogP contribution is -2.57. The number of amides is 2. The van der Waals surface area contributed by atoms with Gasteiger partial charge in [-0.1, -0.05) is 57.6 Å². The van der Waals surface area contributed by atoms with Crippen LogP contribution in [0.15, 0.2) is 24.3 Å². The van der Waals surface area contributed by atoms with E-state index in [1.54, 1.807) is 12.1 Å². The molecule has 2 aliphatic carbocycles. The molecule has 0 radical (unpaired) electrons. The number of unbranched alkanes of at least 4 members (excludes halogenated alkanes) is 1. The Morgan fingerprint density at radius 1 is 1.09 bits per heavy atom. The van der Waals surface area contributed by atoms with Gasteiger partial charge in [0.05, 0.1) is 5.54 Å². The summed E-state index contributed by atoms with van der Waals surface area (Å²) in [6.45, 7) is 3.81. The molecule has 0 aliphatic heterocycles. The molecule has 0 saturated heterocycles. The first-order valence-corrected chi connectivity index (χ1v) is 12.8. The van der Waals surface area contributed by atoms with Gasteiger partial charge in [0.15, 0.2) is 0 Å². The van der Waals surface area contributed by atoms with E-state index in [1.165, 1.54) is 64.2 Å². The van der Waals surface area contributed by atoms with Gasteiger partial charge in [-0.05, 0) is 69.2 Å². The maximum absolute atomic E-state index is 12.4. The molecule has 1 aromatic rings. The molecule has 1 aromatic carbocycles. The molecule has 2 aliphatic rings. The first-order chi connectivity index (χ1) is 15.5. The third-order valence-electron chi connectivity index (χ3n) is 8.07. The van der Waals surface area contributed by atoms with Gasteiger partial charge < -0.3 is 15.5 Å². The second-order valence-corrected chi connectivity index (χ2v) is 10.3. The average Bonchev–Trinajstić information content (AvgIpc) is 2.83. The van der Waals surface area contributed by atoms with Gasteiger partial charge in [0.1, 0.15) is 0 Å². The predicted octanol–water partition coefficient (Wildman–Crippen LogP) is 5.13. The highest BCUT2D eigenvalue weighted by Crippen LogP contribution is 2.40. The van der Waals surface area contributed by atoms with E-state index in [0.717, 1.165) is 37.3 Å². The summed E-state index contributed by atoms with van der Waals surface area (Å²) in [5, 5.41) is 0. The maximum atomic E-state index is 12.4. The highest BCUT2D eigenvalue weighted by molar-refractivity contribution is 5.92. The number of hydrogen-bond donors (Lipinski definition) is 1. The van der Waals surface area contributed by atoms with Crippen LogP contribution in [0.2, 0.25) is 0 Å². The standard InChI is InChI=1S/C27H43N3O2/c1-3-4-8-22-15-17-27(18-16-22,20-29(2)25-9-6-5-7-10-25)30(21-31)19-23-11-13-24(14-12-23)26(28)32/h11-14,21-22,25H,3-10,15-20H2,1-2H3,(H2,28,32). The second kappa shape index (κ2) is 11.8. The van der Waals surface area contributed by atoms with Gasteiger partial charge in [0.25, 0.3) is 0 Å². The van der Waals surface area contributed by atoms with Crippen LogP contribution in [0.25, 0.3) is 0 Å². The van der Waals surface area contributed by atoms with Crippen molar-refractivity contribution in [3.8, 4) is 0 Å². The van der Waals surface area contributed by atoms with Crippen molar-refractivity contribution >= 4 is 12.3 Å². The molecule has 2 N–H and O–H groups in total. The summed E-state index contributed by atoms with van der Waals surface area (Å²) >= 11 is 0. The molecule has 0 bridgehead atoms. The topological polar surface area (TPSA) is 66.6 Å². The van der Waals surface area contributed by atoms with Crippen molar-refractivity contribution in [1.82, 2.24) is 9.80 Å². The van der Waals surface area contributed by atoms with Crippen LogP contribution >= 0.6 is 0 Å². The lowest BCUT2D eigenvalue weighted by Gasteiger charge is -2.50. The van der Waals surface area contributed by atoms with Crippen LogP contribution in [0.5, 0.6) is 0 Å². The Kier molecular flexibility index (Phi) is 9.15. The minimum absolute atomic E-state index is 0.112. The zero-order valence-corrected chi connectivity index (χ0v) is 20.2. The van der Waals surface area contributed by atoms with Crippen LogP contribution < -0.4 is 5.73 Å². The normalized spacial score (nSPS) is 24.4. The quantitative estimate of drug-likeness (QED) is 0.484. The molecule has 5 heteroatoms. The fraction of sp³-hybridized carbons (Fsp3) is 0.704. The van der Waals surface area contributed by atoms with Gasteiger partial charge >= 0.3 is 0 Å². The lowest BCUT2D eigenvalue weighted by atomic mass is 9.73. The number of likely N-dealkylation sites (N-methyl/N-ethyl adjacent to an activating group) is 1.